The van der Waals surface area contributed by atoms with Gasteiger partial charge in [0.2, 0.25) is 5.91 Å². The highest BCUT2D eigenvalue weighted by molar-refractivity contribution is 6.34. The Morgan fingerprint density at radius 1 is 1.19 bits per heavy atom. The largest absolute Gasteiger partial charge is 0.338 e. The summed E-state index contributed by atoms with van der Waals surface area (Å²) in [5.74, 6) is -0.438. The van der Waals surface area contributed by atoms with Crippen LogP contribution >= 0.6 is 11.6 Å². The molecule has 7 nitrogen and oxygen atoms in total. The number of fused-ring (bicyclic) bond motifs is 1. The third-order valence-electron chi connectivity index (χ3n) is 4.33. The first kappa shape index (κ1) is 17.9. The molecule has 3 rings (SSSR count). The molecule has 1 heterocycles. The van der Waals surface area contributed by atoms with Gasteiger partial charge in [-0.1, -0.05) is 17.7 Å². The van der Waals surface area contributed by atoms with Gasteiger partial charge in [-0.15, -0.1) is 0 Å². The molecule has 0 saturated heterocycles. The fraction of sp³-hybridized carbons (Fsp3) is 0.222. The van der Waals surface area contributed by atoms with Crippen molar-refractivity contribution in [2.45, 2.75) is 19.9 Å². The summed E-state index contributed by atoms with van der Waals surface area (Å²) in [6.45, 7) is 2.73. The molecule has 2 aromatic carbocycles. The molecule has 26 heavy (non-hydrogen) atoms. The molecular weight excluding hydrogens is 358 g/mol. The van der Waals surface area contributed by atoms with Gasteiger partial charge < -0.3 is 10.2 Å². The van der Waals surface area contributed by atoms with Crippen LogP contribution in [0.5, 0.6) is 0 Å². The number of carbonyl (C=O) groups is 2. The van der Waals surface area contributed by atoms with Crippen LogP contribution in [0.2, 0.25) is 5.02 Å². The standard InChI is InChI=1S/C18H16ClN3O4/c1-11(23)21-7-6-12-2-3-14(8-13(12)10-21)20-18(24)16-5-4-15(22(25)26)9-17(16)19/h2-5,8-9H,6-7,10H2,1H3,(H,20,24). The van der Waals surface area contributed by atoms with E-state index in [9.17, 15) is 19.7 Å². The Bertz CT molecular complexity index is 913. The number of halogens is 1. The number of rotatable bonds is 3. The molecule has 2 amide bonds. The second-order valence-electron chi connectivity index (χ2n) is 6.05. The maximum absolute atomic E-state index is 12.4. The van der Waals surface area contributed by atoms with Crippen LogP contribution in [0.15, 0.2) is 36.4 Å². The lowest BCUT2D eigenvalue weighted by Crippen LogP contribution is -2.34. The average Bonchev–Trinajstić information content (AvgIpc) is 2.60. The van der Waals surface area contributed by atoms with Crippen molar-refractivity contribution in [3.63, 3.8) is 0 Å². The number of nitrogens with one attached hydrogen (secondary N) is 1. The van der Waals surface area contributed by atoms with Crippen molar-refractivity contribution in [3.8, 4) is 0 Å². The van der Waals surface area contributed by atoms with E-state index in [2.05, 4.69) is 5.32 Å². The van der Waals surface area contributed by atoms with Crippen molar-refractivity contribution < 1.29 is 14.5 Å². The van der Waals surface area contributed by atoms with Crippen molar-refractivity contribution >= 4 is 34.8 Å². The van der Waals surface area contributed by atoms with E-state index in [1.807, 2.05) is 12.1 Å². The first-order chi connectivity index (χ1) is 12.3. The maximum Gasteiger partial charge on any atom is 0.270 e. The third-order valence-corrected chi connectivity index (χ3v) is 4.64. The summed E-state index contributed by atoms with van der Waals surface area (Å²) < 4.78 is 0. The van der Waals surface area contributed by atoms with Gasteiger partial charge in [0.15, 0.2) is 0 Å². The van der Waals surface area contributed by atoms with E-state index < -0.39 is 10.8 Å². The van der Waals surface area contributed by atoms with Crippen LogP contribution < -0.4 is 5.32 Å². The Balaban J connectivity index is 1.79. The molecule has 134 valence electrons. The van der Waals surface area contributed by atoms with Crippen molar-refractivity contribution in [2.24, 2.45) is 0 Å². The zero-order valence-electron chi connectivity index (χ0n) is 14.0. The highest BCUT2D eigenvalue weighted by Gasteiger charge is 2.19. The predicted molar refractivity (Wildman–Crippen MR) is 97.3 cm³/mol. The highest BCUT2D eigenvalue weighted by atomic mass is 35.5. The molecule has 0 saturated carbocycles. The quantitative estimate of drug-likeness (QED) is 0.659. The molecule has 8 heteroatoms. The minimum absolute atomic E-state index is 0.0115. The third kappa shape index (κ3) is 3.67. The molecule has 2 aromatic rings. The van der Waals surface area contributed by atoms with E-state index in [0.717, 1.165) is 23.6 Å². The topological polar surface area (TPSA) is 92.6 Å². The van der Waals surface area contributed by atoms with Gasteiger partial charge in [-0.05, 0) is 35.7 Å². The highest BCUT2D eigenvalue weighted by Crippen LogP contribution is 2.26. The molecular formula is C18H16ClN3O4. The second kappa shape index (κ2) is 7.13. The molecule has 0 unspecified atom stereocenters. The SMILES string of the molecule is CC(=O)N1CCc2ccc(NC(=O)c3ccc([N+](=O)[O-])cc3Cl)cc2C1. The Morgan fingerprint density at radius 3 is 2.62 bits per heavy atom. The Morgan fingerprint density at radius 2 is 1.96 bits per heavy atom. The van der Waals surface area contributed by atoms with Crippen molar-refractivity contribution in [1.82, 2.24) is 4.90 Å². The van der Waals surface area contributed by atoms with Gasteiger partial charge in [0, 0.05) is 37.8 Å². The Kier molecular flexibility index (Phi) is 4.90. The summed E-state index contributed by atoms with van der Waals surface area (Å²) in [4.78, 5) is 35.9. The van der Waals surface area contributed by atoms with Gasteiger partial charge >= 0.3 is 0 Å². The van der Waals surface area contributed by atoms with Crippen LogP contribution in [0.3, 0.4) is 0 Å². The predicted octanol–water partition coefficient (Wildman–Crippen LogP) is 3.41. The molecule has 1 aliphatic rings. The zero-order valence-corrected chi connectivity index (χ0v) is 14.7. The first-order valence-corrected chi connectivity index (χ1v) is 8.35. The molecule has 0 fully saturated rings. The number of hydrogen-bond donors (Lipinski definition) is 1. The van der Waals surface area contributed by atoms with E-state index in [0.29, 0.717) is 18.8 Å². The Labute approximate surface area is 154 Å². The smallest absolute Gasteiger partial charge is 0.270 e. The molecule has 0 bridgehead atoms. The minimum atomic E-state index is -0.572. The van der Waals surface area contributed by atoms with E-state index in [1.165, 1.54) is 19.1 Å². The monoisotopic (exact) mass is 373 g/mol. The number of nitro benzene ring substituents is 1. The fourth-order valence-electron chi connectivity index (χ4n) is 2.90. The number of carbonyl (C=O) groups excluding carboxylic acids is 2. The fourth-order valence-corrected chi connectivity index (χ4v) is 3.16. The summed E-state index contributed by atoms with van der Waals surface area (Å²) in [6.07, 6.45) is 0.775. The van der Waals surface area contributed by atoms with Crippen molar-refractivity contribution in [1.29, 1.82) is 0 Å². The van der Waals surface area contributed by atoms with E-state index in [1.54, 1.807) is 11.0 Å². The molecule has 0 atom stereocenters. The van der Waals surface area contributed by atoms with Gasteiger partial charge in [0.1, 0.15) is 0 Å². The van der Waals surface area contributed by atoms with Crippen LogP contribution in [-0.4, -0.2) is 28.2 Å². The van der Waals surface area contributed by atoms with E-state index >= 15 is 0 Å². The molecule has 0 spiro atoms. The summed E-state index contributed by atoms with van der Waals surface area (Å²) in [5.41, 5.74) is 2.69. The molecule has 0 aromatic heterocycles. The number of anilines is 1. The number of benzene rings is 2. The van der Waals surface area contributed by atoms with Crippen LogP contribution in [-0.2, 0) is 17.8 Å². The van der Waals surface area contributed by atoms with Crippen molar-refractivity contribution in [3.05, 3.63) is 68.2 Å². The van der Waals surface area contributed by atoms with Crippen molar-refractivity contribution in [2.75, 3.05) is 11.9 Å². The lowest BCUT2D eigenvalue weighted by atomic mass is 9.99. The summed E-state index contributed by atoms with van der Waals surface area (Å²) in [7, 11) is 0. The first-order valence-electron chi connectivity index (χ1n) is 7.98. The molecule has 1 N–H and O–H groups in total. The summed E-state index contributed by atoms with van der Waals surface area (Å²) >= 11 is 5.99. The van der Waals surface area contributed by atoms with Crippen LogP contribution in [0.1, 0.15) is 28.4 Å². The zero-order chi connectivity index (χ0) is 18.8. The normalized spacial score (nSPS) is 13.1. The number of nitrogens with zero attached hydrogens (tertiary/aromatic N) is 2. The van der Waals surface area contributed by atoms with Gasteiger partial charge in [0.25, 0.3) is 11.6 Å². The van der Waals surface area contributed by atoms with Crippen LogP contribution in [0.25, 0.3) is 0 Å². The van der Waals surface area contributed by atoms with Gasteiger partial charge in [-0.2, -0.15) is 0 Å². The number of nitro groups is 1. The van der Waals surface area contributed by atoms with E-state index in [4.69, 9.17) is 11.6 Å². The van der Waals surface area contributed by atoms with Gasteiger partial charge in [-0.25, -0.2) is 0 Å². The van der Waals surface area contributed by atoms with Crippen LogP contribution in [0, 0.1) is 10.1 Å². The molecule has 0 aliphatic carbocycles. The lowest BCUT2D eigenvalue weighted by Gasteiger charge is -2.28. The number of hydrogen-bond acceptors (Lipinski definition) is 4. The van der Waals surface area contributed by atoms with Gasteiger partial charge in [0.05, 0.1) is 15.5 Å². The molecule has 0 radical (unpaired) electrons. The molecule has 1 aliphatic heterocycles. The summed E-state index contributed by atoms with van der Waals surface area (Å²) in [5, 5.41) is 13.5. The lowest BCUT2D eigenvalue weighted by molar-refractivity contribution is -0.384. The maximum atomic E-state index is 12.4. The van der Waals surface area contributed by atoms with Gasteiger partial charge in [-0.3, -0.25) is 19.7 Å². The van der Waals surface area contributed by atoms with E-state index in [-0.39, 0.29) is 22.2 Å². The Hall–Kier alpha value is -2.93. The number of non-ortho nitro benzene ring substituents is 1. The minimum Gasteiger partial charge on any atom is -0.338 e. The second-order valence-corrected chi connectivity index (χ2v) is 6.46. The average molecular weight is 374 g/mol. The van der Waals surface area contributed by atoms with Crippen LogP contribution in [0.4, 0.5) is 11.4 Å². The number of amides is 2. The summed E-state index contributed by atoms with van der Waals surface area (Å²) in [6, 6.07) is 9.26.